The van der Waals surface area contributed by atoms with Gasteiger partial charge in [0, 0.05) is 17.0 Å². The molecule has 1 unspecified atom stereocenters. The first-order chi connectivity index (χ1) is 11.7. The minimum absolute atomic E-state index is 0.0596. The first-order valence-corrected chi connectivity index (χ1v) is 7.96. The molecule has 2 aromatic carbocycles. The van der Waals surface area contributed by atoms with Gasteiger partial charge < -0.3 is 20.1 Å². The van der Waals surface area contributed by atoms with Crippen LogP contribution in [0.5, 0.6) is 23.0 Å². The van der Waals surface area contributed by atoms with Crippen LogP contribution in [-0.4, -0.2) is 21.1 Å². The largest absolute Gasteiger partial charge is 0.508 e. The first kappa shape index (κ1) is 16.9. The molecule has 0 aromatic heterocycles. The van der Waals surface area contributed by atoms with Crippen molar-refractivity contribution < 1.29 is 24.9 Å². The van der Waals surface area contributed by atoms with Crippen LogP contribution in [0.15, 0.2) is 43.0 Å². The Morgan fingerprint density at radius 3 is 2.40 bits per heavy atom. The Kier molecular flexibility index (Phi) is 3.95. The van der Waals surface area contributed by atoms with Gasteiger partial charge >= 0.3 is 0 Å². The third-order valence-electron chi connectivity index (χ3n) is 4.57. The van der Waals surface area contributed by atoms with E-state index in [9.17, 15) is 20.1 Å². The lowest BCUT2D eigenvalue weighted by molar-refractivity contribution is 0.0840. The second kappa shape index (κ2) is 5.84. The van der Waals surface area contributed by atoms with Crippen LogP contribution in [0.3, 0.4) is 0 Å². The number of benzene rings is 2. The maximum atomic E-state index is 12.6. The molecular weight excluding hydrogens is 320 g/mol. The van der Waals surface area contributed by atoms with Crippen LogP contribution in [0.25, 0.3) is 0 Å². The average Bonchev–Trinajstić information content (AvgIpc) is 2.54. The van der Waals surface area contributed by atoms with Crippen LogP contribution in [0.2, 0.25) is 0 Å². The van der Waals surface area contributed by atoms with Crippen molar-refractivity contribution in [3.63, 3.8) is 0 Å². The molecular formula is C20H20O5. The zero-order valence-corrected chi connectivity index (χ0v) is 14.1. The summed E-state index contributed by atoms with van der Waals surface area (Å²) in [4.78, 5) is 12.6. The molecule has 1 heterocycles. The summed E-state index contributed by atoms with van der Waals surface area (Å²) in [7, 11) is 0. The fourth-order valence-corrected chi connectivity index (χ4v) is 3.07. The normalized spacial score (nSPS) is 16.9. The molecule has 2 aromatic rings. The lowest BCUT2D eigenvalue weighted by Gasteiger charge is -2.32. The second-order valence-electron chi connectivity index (χ2n) is 6.75. The van der Waals surface area contributed by atoms with Gasteiger partial charge in [-0.25, -0.2) is 0 Å². The van der Waals surface area contributed by atoms with Crippen molar-refractivity contribution in [1.29, 1.82) is 0 Å². The summed E-state index contributed by atoms with van der Waals surface area (Å²) >= 11 is 0. The number of carbonyl (C=O) groups excluding carboxylic acids is 1. The molecule has 1 aliphatic heterocycles. The Balaban J connectivity index is 2.17. The van der Waals surface area contributed by atoms with E-state index >= 15 is 0 Å². The molecule has 0 spiro atoms. The van der Waals surface area contributed by atoms with E-state index < -0.39 is 11.5 Å². The number of phenolic OH excluding ortho intramolecular Hbond substituents is 3. The van der Waals surface area contributed by atoms with Gasteiger partial charge in [-0.3, -0.25) is 4.79 Å². The number of phenols is 3. The van der Waals surface area contributed by atoms with Crippen LogP contribution in [-0.2, 0) is 5.41 Å². The quantitative estimate of drug-likeness (QED) is 0.736. The third kappa shape index (κ3) is 2.82. The van der Waals surface area contributed by atoms with E-state index in [1.165, 1.54) is 18.2 Å². The highest BCUT2D eigenvalue weighted by atomic mass is 16.5. The monoisotopic (exact) mass is 340 g/mol. The Morgan fingerprint density at radius 2 is 1.80 bits per heavy atom. The number of carbonyl (C=O) groups is 1. The molecule has 0 fully saturated rings. The van der Waals surface area contributed by atoms with Crippen molar-refractivity contribution in [2.45, 2.75) is 31.8 Å². The second-order valence-corrected chi connectivity index (χ2v) is 6.75. The van der Waals surface area contributed by atoms with Crippen molar-refractivity contribution in [3.05, 3.63) is 59.7 Å². The number of hydrogen-bond donors (Lipinski definition) is 3. The van der Waals surface area contributed by atoms with Gasteiger partial charge in [0.2, 0.25) is 0 Å². The van der Waals surface area contributed by atoms with Gasteiger partial charge in [0.1, 0.15) is 34.7 Å². The summed E-state index contributed by atoms with van der Waals surface area (Å²) in [6, 6.07) is 7.57. The van der Waals surface area contributed by atoms with Gasteiger partial charge in [0.05, 0.1) is 6.42 Å². The molecule has 0 saturated heterocycles. The van der Waals surface area contributed by atoms with Crippen LogP contribution in [0, 0.1) is 0 Å². The van der Waals surface area contributed by atoms with E-state index in [1.807, 2.05) is 13.8 Å². The Bertz CT molecular complexity index is 849. The van der Waals surface area contributed by atoms with E-state index in [2.05, 4.69) is 6.58 Å². The molecule has 3 rings (SSSR count). The van der Waals surface area contributed by atoms with E-state index in [0.29, 0.717) is 5.56 Å². The summed E-state index contributed by atoms with van der Waals surface area (Å²) < 4.78 is 6.04. The van der Waals surface area contributed by atoms with Gasteiger partial charge in [-0.15, -0.1) is 6.58 Å². The highest BCUT2D eigenvalue weighted by Gasteiger charge is 2.37. The van der Waals surface area contributed by atoms with E-state index in [0.717, 1.165) is 5.56 Å². The SMILES string of the molecule is C=CC(C)(C)c1c(O)cc(O)c2c1OC(c1ccc(O)cc1)CC2=O. The number of aromatic hydroxyl groups is 3. The van der Waals surface area contributed by atoms with Crippen LogP contribution >= 0.6 is 0 Å². The fraction of sp³-hybridized carbons (Fsp3) is 0.250. The third-order valence-corrected chi connectivity index (χ3v) is 4.57. The zero-order valence-electron chi connectivity index (χ0n) is 14.1. The molecule has 3 N–H and O–H groups in total. The molecule has 130 valence electrons. The molecule has 0 saturated carbocycles. The minimum atomic E-state index is -0.668. The van der Waals surface area contributed by atoms with Gasteiger partial charge in [-0.1, -0.05) is 32.1 Å². The number of allylic oxidation sites excluding steroid dienone is 1. The molecule has 0 aliphatic carbocycles. The molecule has 25 heavy (non-hydrogen) atoms. The minimum Gasteiger partial charge on any atom is -0.508 e. The van der Waals surface area contributed by atoms with E-state index in [4.69, 9.17) is 4.74 Å². The van der Waals surface area contributed by atoms with Gasteiger partial charge in [0.25, 0.3) is 0 Å². The number of rotatable bonds is 3. The molecule has 0 bridgehead atoms. The van der Waals surface area contributed by atoms with Crippen molar-refractivity contribution in [2.75, 3.05) is 0 Å². The number of ether oxygens (including phenoxy) is 1. The highest BCUT2D eigenvalue weighted by molar-refractivity contribution is 6.03. The van der Waals surface area contributed by atoms with Crippen molar-refractivity contribution in [1.82, 2.24) is 0 Å². The molecule has 1 atom stereocenters. The molecule has 5 nitrogen and oxygen atoms in total. The topological polar surface area (TPSA) is 87.0 Å². The van der Waals surface area contributed by atoms with Crippen molar-refractivity contribution in [2.24, 2.45) is 0 Å². The van der Waals surface area contributed by atoms with Crippen LogP contribution in [0.1, 0.15) is 47.9 Å². The van der Waals surface area contributed by atoms with Gasteiger partial charge in [-0.2, -0.15) is 0 Å². The summed E-state index contributed by atoms with van der Waals surface area (Å²) in [5.41, 5.74) is 0.547. The van der Waals surface area contributed by atoms with Crippen LogP contribution in [0.4, 0.5) is 0 Å². The summed E-state index contributed by atoms with van der Waals surface area (Å²) in [5, 5.41) is 29.9. The average molecular weight is 340 g/mol. The molecule has 0 amide bonds. The number of fused-ring (bicyclic) bond motifs is 1. The Hall–Kier alpha value is -2.95. The zero-order chi connectivity index (χ0) is 18.4. The Labute approximate surface area is 145 Å². The maximum Gasteiger partial charge on any atom is 0.174 e. The predicted molar refractivity (Wildman–Crippen MR) is 93.4 cm³/mol. The molecule has 5 heteroatoms. The van der Waals surface area contributed by atoms with Gasteiger partial charge in [0.15, 0.2) is 5.78 Å². The van der Waals surface area contributed by atoms with E-state index in [1.54, 1.807) is 18.2 Å². The predicted octanol–water partition coefficient (Wildman–Crippen LogP) is 3.97. The highest BCUT2D eigenvalue weighted by Crippen LogP contribution is 2.49. The van der Waals surface area contributed by atoms with Crippen LogP contribution < -0.4 is 4.74 Å². The fourth-order valence-electron chi connectivity index (χ4n) is 3.07. The first-order valence-electron chi connectivity index (χ1n) is 7.96. The standard InChI is InChI=1S/C20H20O5/c1-4-20(2,3)18-15(24)9-13(22)17-14(23)10-16(25-19(17)18)11-5-7-12(21)8-6-11/h4-9,16,21-22,24H,1,10H2,2-3H3. The molecule has 0 radical (unpaired) electrons. The smallest absolute Gasteiger partial charge is 0.174 e. The van der Waals surface area contributed by atoms with Gasteiger partial charge in [-0.05, 0) is 17.7 Å². The van der Waals surface area contributed by atoms with E-state index in [-0.39, 0.29) is 40.8 Å². The lowest BCUT2D eigenvalue weighted by atomic mass is 9.80. The van der Waals surface area contributed by atoms with Crippen molar-refractivity contribution in [3.8, 4) is 23.0 Å². The lowest BCUT2D eigenvalue weighted by Crippen LogP contribution is -2.25. The summed E-state index contributed by atoms with van der Waals surface area (Å²) in [6.07, 6.45) is 1.14. The number of hydrogen-bond acceptors (Lipinski definition) is 5. The number of ketones is 1. The summed E-state index contributed by atoms with van der Waals surface area (Å²) in [6.45, 7) is 7.46. The maximum absolute atomic E-state index is 12.6. The Morgan fingerprint density at radius 1 is 1.16 bits per heavy atom. The number of Topliss-reactive ketones (excluding diaryl/α,β-unsaturated/α-hetero) is 1. The van der Waals surface area contributed by atoms with Crippen molar-refractivity contribution >= 4 is 5.78 Å². The molecule has 1 aliphatic rings. The summed E-state index contributed by atoms with van der Waals surface area (Å²) in [5.74, 6) is -0.421.